The van der Waals surface area contributed by atoms with Crippen LogP contribution < -0.4 is 4.90 Å². The number of quaternary nitrogens is 1. The van der Waals surface area contributed by atoms with Gasteiger partial charge in [0.15, 0.2) is 0 Å². The quantitative estimate of drug-likeness (QED) is 0.879. The predicted octanol–water partition coefficient (Wildman–Crippen LogP) is 0.529. The second-order valence-corrected chi connectivity index (χ2v) is 7.63. The van der Waals surface area contributed by atoms with Crippen molar-refractivity contribution in [3.05, 3.63) is 34.6 Å². The van der Waals surface area contributed by atoms with Gasteiger partial charge in [-0.1, -0.05) is 11.6 Å². The summed E-state index contributed by atoms with van der Waals surface area (Å²) >= 11 is 6.01. The Hall–Kier alpha value is -0.690. The Bertz CT molecular complexity index is 572. The first-order chi connectivity index (χ1) is 9.42. The van der Waals surface area contributed by atoms with Gasteiger partial charge in [0.1, 0.15) is 12.4 Å². The smallest absolute Gasteiger partial charge is 0.214 e. The van der Waals surface area contributed by atoms with E-state index in [2.05, 4.69) is 0 Å². The van der Waals surface area contributed by atoms with E-state index < -0.39 is 10.0 Å². The number of benzene rings is 1. The van der Waals surface area contributed by atoms with Crippen LogP contribution in [0.4, 0.5) is 4.39 Å². The van der Waals surface area contributed by atoms with Gasteiger partial charge in [0.25, 0.3) is 0 Å². The Morgan fingerprint density at radius 3 is 2.55 bits per heavy atom. The fourth-order valence-electron chi connectivity index (χ4n) is 2.37. The molecule has 7 heteroatoms. The minimum atomic E-state index is -3.09. The van der Waals surface area contributed by atoms with Gasteiger partial charge in [-0.05, 0) is 25.1 Å². The van der Waals surface area contributed by atoms with E-state index >= 15 is 0 Å². The minimum Gasteiger partial charge on any atom is -0.329 e. The van der Waals surface area contributed by atoms with E-state index in [1.165, 1.54) is 17.0 Å². The summed E-state index contributed by atoms with van der Waals surface area (Å²) in [7, 11) is -3.09. The molecular weight excluding hydrogens is 303 g/mol. The molecule has 0 aliphatic carbocycles. The van der Waals surface area contributed by atoms with Crippen LogP contribution in [0.1, 0.15) is 12.5 Å². The van der Waals surface area contributed by atoms with E-state index in [4.69, 9.17) is 11.6 Å². The Kier molecular flexibility index (Phi) is 5.01. The second-order valence-electron chi connectivity index (χ2n) is 4.96. The highest BCUT2D eigenvalue weighted by Crippen LogP contribution is 2.16. The van der Waals surface area contributed by atoms with E-state index in [-0.39, 0.29) is 11.6 Å². The molecule has 1 aliphatic heterocycles. The fraction of sp³-hybridized carbons (Fsp3) is 0.538. The molecule has 1 fully saturated rings. The summed E-state index contributed by atoms with van der Waals surface area (Å²) in [6, 6.07) is 4.41. The normalized spacial score (nSPS) is 18.4. The molecule has 0 unspecified atom stereocenters. The third-order valence-corrected chi connectivity index (χ3v) is 5.88. The Balaban J connectivity index is 1.95. The first-order valence-corrected chi connectivity index (χ1v) is 8.66. The summed E-state index contributed by atoms with van der Waals surface area (Å²) in [5.41, 5.74) is 0.898. The van der Waals surface area contributed by atoms with Gasteiger partial charge in [-0.15, -0.1) is 0 Å². The summed E-state index contributed by atoms with van der Waals surface area (Å²) < 4.78 is 38.1. The van der Waals surface area contributed by atoms with E-state index in [1.54, 1.807) is 17.3 Å². The molecule has 112 valence electrons. The molecule has 1 aromatic carbocycles. The number of piperazine rings is 1. The van der Waals surface area contributed by atoms with Crippen molar-refractivity contribution in [2.75, 3.05) is 31.9 Å². The van der Waals surface area contributed by atoms with Crippen molar-refractivity contribution in [1.29, 1.82) is 0 Å². The van der Waals surface area contributed by atoms with Crippen molar-refractivity contribution in [2.45, 2.75) is 13.5 Å². The molecule has 0 atom stereocenters. The zero-order valence-corrected chi connectivity index (χ0v) is 13.0. The average molecular weight is 322 g/mol. The van der Waals surface area contributed by atoms with E-state index in [0.29, 0.717) is 24.7 Å². The van der Waals surface area contributed by atoms with Gasteiger partial charge in [0.05, 0.1) is 37.0 Å². The van der Waals surface area contributed by atoms with Crippen molar-refractivity contribution < 1.29 is 17.7 Å². The topological polar surface area (TPSA) is 41.8 Å². The lowest BCUT2D eigenvalue weighted by molar-refractivity contribution is -0.917. The maximum Gasteiger partial charge on any atom is 0.214 e. The van der Waals surface area contributed by atoms with Crippen LogP contribution >= 0.6 is 11.6 Å². The third-order valence-electron chi connectivity index (χ3n) is 3.64. The molecule has 2 rings (SSSR count). The molecule has 0 aromatic heterocycles. The first-order valence-electron chi connectivity index (χ1n) is 6.67. The number of rotatable bonds is 4. The van der Waals surface area contributed by atoms with Gasteiger partial charge in [0, 0.05) is 5.56 Å². The molecule has 0 spiro atoms. The molecule has 4 nitrogen and oxygen atoms in total. The molecule has 1 N–H and O–H groups in total. The van der Waals surface area contributed by atoms with Gasteiger partial charge in [-0.25, -0.2) is 12.8 Å². The highest BCUT2D eigenvalue weighted by atomic mass is 35.5. The van der Waals surface area contributed by atoms with Crippen LogP contribution in [0.3, 0.4) is 0 Å². The monoisotopic (exact) mass is 321 g/mol. The summed E-state index contributed by atoms with van der Waals surface area (Å²) in [4.78, 5) is 1.26. The zero-order chi connectivity index (χ0) is 14.8. The molecule has 1 aliphatic rings. The average Bonchev–Trinajstić information content (AvgIpc) is 2.42. The Labute approximate surface area is 124 Å². The lowest BCUT2D eigenvalue weighted by Gasteiger charge is -2.31. The van der Waals surface area contributed by atoms with E-state index in [9.17, 15) is 12.8 Å². The lowest BCUT2D eigenvalue weighted by atomic mass is 10.2. The van der Waals surface area contributed by atoms with Crippen LogP contribution in [-0.2, 0) is 16.6 Å². The van der Waals surface area contributed by atoms with Crippen LogP contribution in [0, 0.1) is 5.82 Å². The van der Waals surface area contributed by atoms with Gasteiger partial charge < -0.3 is 4.90 Å². The molecule has 1 heterocycles. The maximum absolute atomic E-state index is 13.0. The van der Waals surface area contributed by atoms with Crippen LogP contribution in [0.2, 0.25) is 5.02 Å². The van der Waals surface area contributed by atoms with Gasteiger partial charge in [-0.2, -0.15) is 4.31 Å². The van der Waals surface area contributed by atoms with Crippen molar-refractivity contribution in [2.24, 2.45) is 0 Å². The molecule has 0 bridgehead atoms. The molecule has 1 aromatic rings. The first kappa shape index (κ1) is 15.7. The molecular formula is C13H19ClFN2O2S+. The number of halogens is 2. The summed E-state index contributed by atoms with van der Waals surface area (Å²) in [6.07, 6.45) is 0. The number of sulfonamides is 1. The van der Waals surface area contributed by atoms with E-state index in [1.807, 2.05) is 0 Å². The second kappa shape index (κ2) is 6.39. The van der Waals surface area contributed by atoms with Crippen LogP contribution in [-0.4, -0.2) is 44.7 Å². The standard InChI is InChI=1S/C13H18ClFN2O2S/c1-2-20(18,19)17-7-5-16(6-8-17)10-11-3-4-12(15)9-13(11)14/h3-4,9H,2,5-8,10H2,1H3/p+1. The van der Waals surface area contributed by atoms with Crippen molar-refractivity contribution in [1.82, 2.24) is 4.31 Å². The minimum absolute atomic E-state index is 0.145. The highest BCUT2D eigenvalue weighted by Gasteiger charge is 2.27. The number of hydrogen-bond donors (Lipinski definition) is 1. The maximum atomic E-state index is 13.0. The summed E-state index contributed by atoms with van der Waals surface area (Å²) in [5, 5.41) is 0.432. The van der Waals surface area contributed by atoms with Crippen LogP contribution in [0.15, 0.2) is 18.2 Å². The largest absolute Gasteiger partial charge is 0.329 e. The summed E-state index contributed by atoms with van der Waals surface area (Å²) in [5.74, 6) is -0.195. The van der Waals surface area contributed by atoms with Gasteiger partial charge in [0.2, 0.25) is 10.0 Å². The van der Waals surface area contributed by atoms with Crippen molar-refractivity contribution in [3.8, 4) is 0 Å². The van der Waals surface area contributed by atoms with Crippen LogP contribution in [0.25, 0.3) is 0 Å². The molecule has 1 saturated heterocycles. The van der Waals surface area contributed by atoms with Crippen molar-refractivity contribution in [3.63, 3.8) is 0 Å². The van der Waals surface area contributed by atoms with E-state index in [0.717, 1.165) is 18.7 Å². The molecule has 0 saturated carbocycles. The third kappa shape index (κ3) is 3.69. The SMILES string of the molecule is CCS(=O)(=O)N1CC[NH+](Cc2ccc(F)cc2Cl)CC1. The number of nitrogens with one attached hydrogen (secondary N) is 1. The Morgan fingerprint density at radius 2 is 2.00 bits per heavy atom. The fourth-order valence-corrected chi connectivity index (χ4v) is 3.71. The predicted molar refractivity (Wildman–Crippen MR) is 76.8 cm³/mol. The molecule has 0 amide bonds. The van der Waals surface area contributed by atoms with Crippen LogP contribution in [0.5, 0.6) is 0 Å². The number of nitrogens with zero attached hydrogens (tertiary/aromatic N) is 1. The summed E-state index contributed by atoms with van der Waals surface area (Å²) in [6.45, 7) is 4.90. The van der Waals surface area contributed by atoms with Gasteiger partial charge in [-0.3, -0.25) is 0 Å². The molecule has 20 heavy (non-hydrogen) atoms. The highest BCUT2D eigenvalue weighted by molar-refractivity contribution is 7.89. The van der Waals surface area contributed by atoms with Gasteiger partial charge >= 0.3 is 0 Å². The molecule has 0 radical (unpaired) electrons. The number of hydrogen-bond acceptors (Lipinski definition) is 2. The lowest BCUT2D eigenvalue weighted by Crippen LogP contribution is -3.13. The Morgan fingerprint density at radius 1 is 1.35 bits per heavy atom. The van der Waals surface area contributed by atoms with Crippen molar-refractivity contribution >= 4 is 21.6 Å². The zero-order valence-electron chi connectivity index (χ0n) is 11.4.